The maximum Gasteiger partial charge on any atom is 0.136 e. The molecular formula is C25H16Br2O2. The van der Waals surface area contributed by atoms with Crippen LogP contribution in [0.15, 0.2) is 96.6 Å². The van der Waals surface area contributed by atoms with Gasteiger partial charge in [0.1, 0.15) is 22.3 Å². The van der Waals surface area contributed by atoms with E-state index in [4.69, 9.17) is 8.83 Å². The molecule has 0 unspecified atom stereocenters. The van der Waals surface area contributed by atoms with Gasteiger partial charge in [-0.25, -0.2) is 0 Å². The van der Waals surface area contributed by atoms with Gasteiger partial charge in [-0.3, -0.25) is 0 Å². The molecule has 0 saturated heterocycles. The van der Waals surface area contributed by atoms with Crippen LogP contribution in [-0.4, -0.2) is 0 Å². The standard InChI is InChI=1S/C13H9BrO.C12H7BrO/c1-8-5-6-11-9(7-8)13-10(14)3-2-4-12(13)15-11;13-9-5-3-7-11-12(9)8-4-1-2-6-10(8)14-11/h2-7H,1H3;1-7H. The lowest BCUT2D eigenvalue weighted by atomic mass is 10.1. The Morgan fingerprint density at radius 2 is 1.10 bits per heavy atom. The number of hydrogen-bond donors (Lipinski definition) is 0. The fourth-order valence-corrected chi connectivity index (χ4v) is 4.75. The summed E-state index contributed by atoms with van der Waals surface area (Å²) in [4.78, 5) is 0. The van der Waals surface area contributed by atoms with Gasteiger partial charge in [0.2, 0.25) is 0 Å². The number of halogens is 2. The summed E-state index contributed by atoms with van der Waals surface area (Å²) >= 11 is 7.10. The van der Waals surface area contributed by atoms with E-state index in [0.29, 0.717) is 0 Å². The van der Waals surface area contributed by atoms with E-state index in [1.807, 2.05) is 60.7 Å². The summed E-state index contributed by atoms with van der Waals surface area (Å²) in [5.41, 5.74) is 5.00. The Balaban J connectivity index is 0.000000125. The lowest BCUT2D eigenvalue weighted by molar-refractivity contribution is 0.668. The molecule has 0 spiro atoms. The molecule has 6 rings (SSSR count). The minimum Gasteiger partial charge on any atom is -0.456 e. The molecule has 0 N–H and O–H groups in total. The Kier molecular flexibility index (Phi) is 4.69. The van der Waals surface area contributed by atoms with Crippen LogP contribution < -0.4 is 0 Å². The van der Waals surface area contributed by atoms with Gasteiger partial charge >= 0.3 is 0 Å². The van der Waals surface area contributed by atoms with Gasteiger partial charge in [0.05, 0.1) is 0 Å². The number of para-hydroxylation sites is 1. The first-order valence-corrected chi connectivity index (χ1v) is 10.8. The van der Waals surface area contributed by atoms with Gasteiger partial charge in [-0.05, 0) is 49.4 Å². The first-order valence-electron chi connectivity index (χ1n) is 9.25. The second-order valence-corrected chi connectivity index (χ2v) is 8.63. The number of fused-ring (bicyclic) bond motifs is 6. The molecule has 2 nitrogen and oxygen atoms in total. The largest absolute Gasteiger partial charge is 0.456 e. The Hall–Kier alpha value is -2.56. The summed E-state index contributed by atoms with van der Waals surface area (Å²) in [6.07, 6.45) is 0. The van der Waals surface area contributed by atoms with Crippen LogP contribution in [0, 0.1) is 6.92 Å². The molecule has 0 fully saturated rings. The van der Waals surface area contributed by atoms with Gasteiger partial charge in [0.15, 0.2) is 0 Å². The number of furan rings is 2. The molecule has 4 aromatic carbocycles. The van der Waals surface area contributed by atoms with Crippen molar-refractivity contribution in [3.05, 3.63) is 93.4 Å². The number of aryl methyl sites for hydroxylation is 1. The van der Waals surface area contributed by atoms with Gasteiger partial charge in [-0.15, -0.1) is 0 Å². The van der Waals surface area contributed by atoms with Crippen LogP contribution in [0.5, 0.6) is 0 Å². The molecule has 0 radical (unpaired) electrons. The second kappa shape index (κ2) is 7.36. The highest BCUT2D eigenvalue weighted by Crippen LogP contribution is 2.35. The van der Waals surface area contributed by atoms with Crippen LogP contribution >= 0.6 is 31.9 Å². The fourth-order valence-electron chi connectivity index (χ4n) is 3.63. The maximum atomic E-state index is 5.76. The van der Waals surface area contributed by atoms with E-state index >= 15 is 0 Å². The lowest BCUT2D eigenvalue weighted by Gasteiger charge is -1.93. The van der Waals surface area contributed by atoms with Crippen LogP contribution in [-0.2, 0) is 0 Å². The van der Waals surface area contributed by atoms with Crippen molar-refractivity contribution >= 4 is 75.7 Å². The minimum absolute atomic E-state index is 0.931. The normalized spacial score (nSPS) is 11.3. The molecule has 0 aliphatic carbocycles. The van der Waals surface area contributed by atoms with Gasteiger partial charge in [-0.2, -0.15) is 0 Å². The van der Waals surface area contributed by atoms with Crippen molar-refractivity contribution in [1.82, 2.24) is 0 Å². The first-order chi connectivity index (χ1) is 14.1. The third kappa shape index (κ3) is 3.26. The number of hydrogen-bond acceptors (Lipinski definition) is 2. The topological polar surface area (TPSA) is 26.3 Å². The van der Waals surface area contributed by atoms with E-state index in [-0.39, 0.29) is 0 Å². The predicted octanol–water partition coefficient (Wildman–Crippen LogP) is 9.01. The Labute approximate surface area is 184 Å². The van der Waals surface area contributed by atoms with Crippen LogP contribution in [0.1, 0.15) is 5.56 Å². The third-order valence-electron chi connectivity index (χ3n) is 4.95. The number of rotatable bonds is 0. The van der Waals surface area contributed by atoms with Gasteiger partial charge < -0.3 is 8.83 Å². The maximum absolute atomic E-state index is 5.76. The molecule has 29 heavy (non-hydrogen) atoms. The van der Waals surface area contributed by atoms with Crippen LogP contribution in [0.4, 0.5) is 0 Å². The van der Waals surface area contributed by atoms with E-state index in [2.05, 4.69) is 57.0 Å². The molecule has 0 atom stereocenters. The van der Waals surface area contributed by atoms with Crippen molar-refractivity contribution in [2.45, 2.75) is 6.92 Å². The molecule has 0 bridgehead atoms. The van der Waals surface area contributed by atoms with Crippen LogP contribution in [0.3, 0.4) is 0 Å². The summed E-state index contributed by atoms with van der Waals surface area (Å²) in [7, 11) is 0. The predicted molar refractivity (Wildman–Crippen MR) is 128 cm³/mol. The van der Waals surface area contributed by atoms with Crippen molar-refractivity contribution in [1.29, 1.82) is 0 Å². The SMILES string of the molecule is Brc1cccc2oc3ccccc3c12.Cc1ccc2oc3cccc(Br)c3c2c1. The molecule has 4 heteroatoms. The van der Waals surface area contributed by atoms with Crippen molar-refractivity contribution in [3.63, 3.8) is 0 Å². The summed E-state index contributed by atoms with van der Waals surface area (Å²) in [5.74, 6) is 0. The lowest BCUT2D eigenvalue weighted by Crippen LogP contribution is -1.71. The zero-order valence-corrected chi connectivity index (χ0v) is 18.7. The quantitative estimate of drug-likeness (QED) is 0.205. The Morgan fingerprint density at radius 3 is 1.79 bits per heavy atom. The third-order valence-corrected chi connectivity index (χ3v) is 6.27. The molecular weight excluding hydrogens is 492 g/mol. The molecule has 2 aromatic heterocycles. The van der Waals surface area contributed by atoms with Gasteiger partial charge in [-0.1, -0.05) is 73.8 Å². The zero-order valence-electron chi connectivity index (χ0n) is 15.6. The second-order valence-electron chi connectivity index (χ2n) is 6.93. The molecule has 2 heterocycles. The van der Waals surface area contributed by atoms with Gasteiger partial charge in [0, 0.05) is 30.5 Å². The monoisotopic (exact) mass is 506 g/mol. The first kappa shape index (κ1) is 18.5. The highest BCUT2D eigenvalue weighted by Gasteiger charge is 2.09. The smallest absolute Gasteiger partial charge is 0.136 e. The van der Waals surface area contributed by atoms with Crippen LogP contribution in [0.2, 0.25) is 0 Å². The van der Waals surface area contributed by atoms with E-state index in [1.165, 1.54) is 10.9 Å². The van der Waals surface area contributed by atoms with Crippen molar-refractivity contribution in [2.24, 2.45) is 0 Å². The highest BCUT2D eigenvalue weighted by atomic mass is 79.9. The van der Waals surface area contributed by atoms with E-state index in [1.54, 1.807) is 0 Å². The molecule has 142 valence electrons. The van der Waals surface area contributed by atoms with Gasteiger partial charge in [0.25, 0.3) is 0 Å². The van der Waals surface area contributed by atoms with Crippen molar-refractivity contribution in [3.8, 4) is 0 Å². The summed E-state index contributed by atoms with van der Waals surface area (Å²) in [6.45, 7) is 2.09. The van der Waals surface area contributed by atoms with E-state index < -0.39 is 0 Å². The molecule has 0 aliphatic heterocycles. The molecule has 0 saturated carbocycles. The zero-order chi connectivity index (χ0) is 20.0. The van der Waals surface area contributed by atoms with Crippen molar-refractivity contribution in [2.75, 3.05) is 0 Å². The van der Waals surface area contributed by atoms with E-state index in [0.717, 1.165) is 47.4 Å². The average molecular weight is 508 g/mol. The highest BCUT2D eigenvalue weighted by molar-refractivity contribution is 9.11. The van der Waals surface area contributed by atoms with Crippen molar-refractivity contribution < 1.29 is 8.83 Å². The Morgan fingerprint density at radius 1 is 0.552 bits per heavy atom. The average Bonchev–Trinajstić information content (AvgIpc) is 3.27. The summed E-state index contributed by atoms with van der Waals surface area (Å²) in [6, 6.07) is 26.3. The summed E-state index contributed by atoms with van der Waals surface area (Å²) < 4.78 is 13.6. The van der Waals surface area contributed by atoms with E-state index in [9.17, 15) is 0 Å². The Bertz CT molecular complexity index is 1490. The number of benzene rings is 4. The summed E-state index contributed by atoms with van der Waals surface area (Å²) in [5, 5.41) is 4.66. The molecule has 0 aliphatic rings. The molecule has 0 amide bonds. The minimum atomic E-state index is 0.931. The van der Waals surface area contributed by atoms with Crippen LogP contribution in [0.25, 0.3) is 43.9 Å². The fraction of sp³-hybridized carbons (Fsp3) is 0.0400. The molecule has 6 aromatic rings.